The molecule has 0 saturated carbocycles. The van der Waals surface area contributed by atoms with E-state index in [1.54, 1.807) is 42.5 Å². The van der Waals surface area contributed by atoms with Crippen molar-refractivity contribution in [3.63, 3.8) is 0 Å². The Kier molecular flexibility index (Phi) is 5.48. The van der Waals surface area contributed by atoms with Gasteiger partial charge in [0.15, 0.2) is 0 Å². The largest absolute Gasteiger partial charge is 0.308 e. The van der Waals surface area contributed by atoms with Crippen LogP contribution in [0.15, 0.2) is 53.4 Å². The molecule has 7 heteroatoms. The number of halogens is 1. The van der Waals surface area contributed by atoms with E-state index in [9.17, 15) is 12.8 Å². The van der Waals surface area contributed by atoms with Crippen molar-refractivity contribution < 1.29 is 12.8 Å². The van der Waals surface area contributed by atoms with Gasteiger partial charge in [-0.25, -0.2) is 17.8 Å². The Bertz CT molecular complexity index is 858. The Morgan fingerprint density at radius 3 is 2.62 bits per heavy atom. The molecule has 1 aliphatic heterocycles. The van der Waals surface area contributed by atoms with E-state index in [1.165, 1.54) is 0 Å². The molecule has 2 aromatic rings. The van der Waals surface area contributed by atoms with Crippen LogP contribution >= 0.6 is 0 Å². The van der Waals surface area contributed by atoms with Crippen LogP contribution in [-0.4, -0.2) is 39.7 Å². The Balaban J connectivity index is 1.83. The molecule has 1 saturated heterocycles. The molecule has 0 radical (unpaired) electrons. The molecule has 1 aliphatic rings. The predicted octanol–water partition coefficient (Wildman–Crippen LogP) is 3.58. The van der Waals surface area contributed by atoms with E-state index in [1.807, 2.05) is 30.1 Å². The summed E-state index contributed by atoms with van der Waals surface area (Å²) in [5, 5.41) is 3.88. The van der Waals surface area contributed by atoms with Crippen molar-refractivity contribution in [1.29, 1.82) is 0 Å². The second-order valence-corrected chi connectivity index (χ2v) is 8.28. The zero-order valence-electron chi connectivity index (χ0n) is 15.0. The summed E-state index contributed by atoms with van der Waals surface area (Å²) in [4.78, 5) is 0.215. The van der Waals surface area contributed by atoms with Gasteiger partial charge in [-0.2, -0.15) is 0 Å². The Hall–Kier alpha value is -2.12. The first-order chi connectivity index (χ1) is 12.4. The maximum Gasteiger partial charge on any atom is 0.261 e. The van der Waals surface area contributed by atoms with E-state index in [0.29, 0.717) is 18.7 Å². The summed E-state index contributed by atoms with van der Waals surface area (Å²) >= 11 is 0. The van der Waals surface area contributed by atoms with Crippen molar-refractivity contribution in [3.8, 4) is 0 Å². The first-order valence-corrected chi connectivity index (χ1v) is 10.2. The maximum atomic E-state index is 13.7. The summed E-state index contributed by atoms with van der Waals surface area (Å²) in [6.07, 6.45) is 0.580. The van der Waals surface area contributed by atoms with Crippen LogP contribution in [0.2, 0.25) is 0 Å². The number of alkyl halides is 1. The number of hydrazine groups is 1. The van der Waals surface area contributed by atoms with Crippen molar-refractivity contribution >= 4 is 21.4 Å². The van der Waals surface area contributed by atoms with Gasteiger partial charge >= 0.3 is 0 Å². The second kappa shape index (κ2) is 7.63. The number of sulfonamides is 1. The molecule has 0 aromatic heterocycles. The monoisotopic (exact) mass is 377 g/mol. The van der Waals surface area contributed by atoms with Crippen molar-refractivity contribution in [2.45, 2.75) is 30.8 Å². The van der Waals surface area contributed by atoms with Crippen LogP contribution < -0.4 is 9.73 Å². The minimum atomic E-state index is -3.64. The SMILES string of the molecule is Cc1ccc(NS(=O)(=O)c2ccccc2)cc1N(C)N1CCCC(F)C1. The van der Waals surface area contributed by atoms with E-state index >= 15 is 0 Å². The molecule has 0 amide bonds. The fraction of sp³-hybridized carbons (Fsp3) is 0.368. The summed E-state index contributed by atoms with van der Waals surface area (Å²) in [7, 11) is -1.76. The molecule has 1 heterocycles. The van der Waals surface area contributed by atoms with Crippen molar-refractivity contribution in [2.24, 2.45) is 0 Å². The smallest absolute Gasteiger partial charge is 0.261 e. The Labute approximate surface area is 154 Å². The Morgan fingerprint density at radius 2 is 1.92 bits per heavy atom. The molecule has 140 valence electrons. The highest BCUT2D eigenvalue weighted by Gasteiger charge is 2.23. The fourth-order valence-corrected chi connectivity index (χ4v) is 4.24. The minimum Gasteiger partial charge on any atom is -0.308 e. The first-order valence-electron chi connectivity index (χ1n) is 8.68. The number of rotatable bonds is 5. The topological polar surface area (TPSA) is 52.7 Å². The lowest BCUT2D eigenvalue weighted by Gasteiger charge is -2.38. The van der Waals surface area contributed by atoms with Gasteiger partial charge in [0, 0.05) is 20.1 Å². The van der Waals surface area contributed by atoms with Crippen LogP contribution in [0.4, 0.5) is 15.8 Å². The van der Waals surface area contributed by atoms with Crippen LogP contribution in [0.5, 0.6) is 0 Å². The summed E-state index contributed by atoms with van der Waals surface area (Å²) < 4.78 is 41.4. The third kappa shape index (κ3) is 4.16. The lowest BCUT2D eigenvalue weighted by molar-refractivity contribution is 0.133. The van der Waals surface area contributed by atoms with Crippen molar-refractivity contribution in [1.82, 2.24) is 5.01 Å². The molecule has 26 heavy (non-hydrogen) atoms. The van der Waals surface area contributed by atoms with Gasteiger partial charge in [-0.3, -0.25) is 4.72 Å². The van der Waals surface area contributed by atoms with Crippen LogP contribution in [0.25, 0.3) is 0 Å². The highest BCUT2D eigenvalue weighted by molar-refractivity contribution is 7.92. The van der Waals surface area contributed by atoms with Crippen molar-refractivity contribution in [3.05, 3.63) is 54.1 Å². The molecule has 5 nitrogen and oxygen atoms in total. The van der Waals surface area contributed by atoms with E-state index in [0.717, 1.165) is 24.2 Å². The molecule has 1 fully saturated rings. The summed E-state index contributed by atoms with van der Waals surface area (Å²) in [5.41, 5.74) is 2.33. The van der Waals surface area contributed by atoms with Crippen LogP contribution in [-0.2, 0) is 10.0 Å². The number of hydrogen-bond donors (Lipinski definition) is 1. The van der Waals surface area contributed by atoms with E-state index in [2.05, 4.69) is 4.72 Å². The zero-order chi connectivity index (χ0) is 18.7. The predicted molar refractivity (Wildman–Crippen MR) is 103 cm³/mol. The maximum absolute atomic E-state index is 13.7. The van der Waals surface area contributed by atoms with Gasteiger partial charge in [0.05, 0.1) is 16.3 Å². The first kappa shape index (κ1) is 18.7. The third-order valence-corrected chi connectivity index (χ3v) is 6.03. The lowest BCUT2D eigenvalue weighted by atomic mass is 10.1. The molecular formula is C19H24FN3O2S. The molecule has 0 aliphatic carbocycles. The molecule has 0 bridgehead atoms. The Morgan fingerprint density at radius 1 is 1.19 bits per heavy atom. The standard InChI is InChI=1S/C19H24FN3O2S/c1-15-10-11-17(21-26(24,25)18-8-4-3-5-9-18)13-19(15)22(2)23-12-6-7-16(20)14-23/h3-5,8-11,13,16,21H,6-7,12,14H2,1-2H3. The molecule has 1 atom stereocenters. The number of anilines is 2. The summed E-state index contributed by atoms with van der Waals surface area (Å²) in [6, 6.07) is 13.6. The van der Waals surface area contributed by atoms with Crippen LogP contribution in [0.1, 0.15) is 18.4 Å². The molecule has 1 unspecified atom stereocenters. The van der Waals surface area contributed by atoms with Gasteiger partial charge in [-0.1, -0.05) is 24.3 Å². The molecule has 1 N–H and O–H groups in total. The number of piperidine rings is 1. The molecular weight excluding hydrogens is 353 g/mol. The van der Waals surface area contributed by atoms with E-state index in [4.69, 9.17) is 0 Å². The van der Waals surface area contributed by atoms with Gasteiger partial charge in [-0.15, -0.1) is 0 Å². The lowest BCUT2D eigenvalue weighted by Crippen LogP contribution is -2.47. The highest BCUT2D eigenvalue weighted by Crippen LogP contribution is 2.28. The second-order valence-electron chi connectivity index (χ2n) is 6.60. The molecule has 0 spiro atoms. The minimum absolute atomic E-state index is 0.215. The zero-order valence-corrected chi connectivity index (χ0v) is 15.8. The summed E-state index contributed by atoms with van der Waals surface area (Å²) in [5.74, 6) is 0. The van der Waals surface area contributed by atoms with Gasteiger partial charge in [-0.05, 0) is 49.6 Å². The van der Waals surface area contributed by atoms with Gasteiger partial charge in [0.2, 0.25) is 0 Å². The van der Waals surface area contributed by atoms with E-state index in [-0.39, 0.29) is 4.90 Å². The van der Waals surface area contributed by atoms with Gasteiger partial charge < -0.3 is 5.01 Å². The van der Waals surface area contributed by atoms with Crippen molar-refractivity contribution in [2.75, 3.05) is 29.9 Å². The van der Waals surface area contributed by atoms with E-state index < -0.39 is 16.2 Å². The fourth-order valence-electron chi connectivity index (χ4n) is 3.17. The van der Waals surface area contributed by atoms with Crippen LogP contribution in [0, 0.1) is 6.92 Å². The van der Waals surface area contributed by atoms with Gasteiger partial charge in [0.1, 0.15) is 6.17 Å². The third-order valence-electron chi connectivity index (χ3n) is 4.63. The average Bonchev–Trinajstić information content (AvgIpc) is 2.63. The number of aryl methyl sites for hydroxylation is 1. The molecule has 3 rings (SSSR count). The quantitative estimate of drug-likeness (QED) is 0.865. The number of benzene rings is 2. The number of nitrogens with one attached hydrogen (secondary N) is 1. The number of hydrogen-bond acceptors (Lipinski definition) is 4. The van der Waals surface area contributed by atoms with Crippen LogP contribution in [0.3, 0.4) is 0 Å². The normalized spacial score (nSPS) is 18.5. The summed E-state index contributed by atoms with van der Waals surface area (Å²) in [6.45, 7) is 3.10. The van der Waals surface area contributed by atoms with Gasteiger partial charge in [0.25, 0.3) is 10.0 Å². The number of nitrogens with zero attached hydrogens (tertiary/aromatic N) is 2. The average molecular weight is 377 g/mol. The highest BCUT2D eigenvalue weighted by atomic mass is 32.2. The molecule has 2 aromatic carbocycles.